The van der Waals surface area contributed by atoms with Gasteiger partial charge in [0.25, 0.3) is 0 Å². The average molecular weight is 415 g/mol. The van der Waals surface area contributed by atoms with E-state index in [2.05, 4.69) is 37.6 Å². The number of nitrogens with one attached hydrogen (secondary N) is 2. The molecule has 0 aliphatic rings. The van der Waals surface area contributed by atoms with Crippen LogP contribution < -0.4 is 10.6 Å². The molecule has 2 aromatic heterocycles. The van der Waals surface area contributed by atoms with Gasteiger partial charge in [0.1, 0.15) is 5.82 Å². The Balaban J connectivity index is 1.49. The van der Waals surface area contributed by atoms with Crippen LogP contribution in [-0.4, -0.2) is 32.7 Å². The maximum atomic E-state index is 12.3. The van der Waals surface area contributed by atoms with Gasteiger partial charge in [-0.25, -0.2) is 19.7 Å². The van der Waals surface area contributed by atoms with Gasteiger partial charge in [0.15, 0.2) is 0 Å². The van der Waals surface area contributed by atoms with Gasteiger partial charge in [0.2, 0.25) is 5.82 Å². The molecule has 0 spiro atoms. The molecule has 1 unspecified atom stereocenters. The summed E-state index contributed by atoms with van der Waals surface area (Å²) in [5, 5.41) is 15.1. The SMILES string of the molecule is C#Cc1nccc(NC(=O)NC(CO)c2ccc(-c3cccc4ncsc34)cc2)n1. The summed E-state index contributed by atoms with van der Waals surface area (Å²) >= 11 is 1.60. The Labute approximate surface area is 176 Å². The van der Waals surface area contributed by atoms with Crippen molar-refractivity contribution in [3.63, 3.8) is 0 Å². The Morgan fingerprint density at radius 2 is 2.00 bits per heavy atom. The second kappa shape index (κ2) is 8.69. The van der Waals surface area contributed by atoms with Crippen LogP contribution in [-0.2, 0) is 0 Å². The number of hydrogen-bond acceptors (Lipinski definition) is 6. The molecule has 0 saturated carbocycles. The molecule has 2 heterocycles. The zero-order valence-corrected chi connectivity index (χ0v) is 16.6. The quantitative estimate of drug-likeness (QED) is 0.433. The normalized spacial score (nSPS) is 11.6. The van der Waals surface area contributed by atoms with Crippen LogP contribution >= 0.6 is 11.3 Å². The topological polar surface area (TPSA) is 100 Å². The molecule has 2 aromatic carbocycles. The molecule has 3 N–H and O–H groups in total. The van der Waals surface area contributed by atoms with E-state index in [1.54, 1.807) is 11.3 Å². The van der Waals surface area contributed by atoms with Crippen molar-refractivity contribution in [2.24, 2.45) is 0 Å². The van der Waals surface area contributed by atoms with Gasteiger partial charge < -0.3 is 10.4 Å². The summed E-state index contributed by atoms with van der Waals surface area (Å²) < 4.78 is 1.12. The molecule has 0 aliphatic heterocycles. The number of fused-ring (bicyclic) bond motifs is 1. The van der Waals surface area contributed by atoms with Crippen LogP contribution in [0.3, 0.4) is 0 Å². The number of rotatable bonds is 5. The summed E-state index contributed by atoms with van der Waals surface area (Å²) in [7, 11) is 0. The van der Waals surface area contributed by atoms with Crippen molar-refractivity contribution in [3.05, 3.63) is 71.6 Å². The van der Waals surface area contributed by atoms with E-state index in [-0.39, 0.29) is 18.2 Å². The molecule has 1 atom stereocenters. The highest BCUT2D eigenvalue weighted by atomic mass is 32.1. The predicted octanol–water partition coefficient (Wildman–Crippen LogP) is 3.59. The van der Waals surface area contributed by atoms with Gasteiger partial charge >= 0.3 is 6.03 Å². The van der Waals surface area contributed by atoms with Crippen molar-refractivity contribution < 1.29 is 9.90 Å². The molecule has 0 bridgehead atoms. The van der Waals surface area contributed by atoms with Crippen LogP contribution in [0.25, 0.3) is 21.3 Å². The van der Waals surface area contributed by atoms with Gasteiger partial charge in [0, 0.05) is 11.8 Å². The van der Waals surface area contributed by atoms with Crippen LogP contribution in [0.1, 0.15) is 17.4 Å². The van der Waals surface area contributed by atoms with E-state index in [1.807, 2.05) is 41.9 Å². The van der Waals surface area contributed by atoms with Crippen LogP contribution in [0.5, 0.6) is 0 Å². The maximum Gasteiger partial charge on any atom is 0.320 e. The van der Waals surface area contributed by atoms with Crippen molar-refractivity contribution in [1.29, 1.82) is 0 Å². The van der Waals surface area contributed by atoms with Crippen molar-refractivity contribution in [3.8, 4) is 23.5 Å². The first-order chi connectivity index (χ1) is 14.7. The van der Waals surface area contributed by atoms with E-state index >= 15 is 0 Å². The van der Waals surface area contributed by atoms with Gasteiger partial charge in [-0.1, -0.05) is 36.4 Å². The molecule has 2 amide bonds. The van der Waals surface area contributed by atoms with E-state index in [1.165, 1.54) is 12.3 Å². The van der Waals surface area contributed by atoms with Crippen molar-refractivity contribution in [2.75, 3.05) is 11.9 Å². The first kappa shape index (κ1) is 19.5. The fourth-order valence-corrected chi connectivity index (χ4v) is 3.88. The molecule has 30 heavy (non-hydrogen) atoms. The number of nitrogens with zero attached hydrogens (tertiary/aromatic N) is 3. The zero-order valence-electron chi connectivity index (χ0n) is 15.7. The van der Waals surface area contributed by atoms with Gasteiger partial charge in [-0.15, -0.1) is 17.8 Å². The van der Waals surface area contributed by atoms with E-state index in [9.17, 15) is 9.90 Å². The number of urea groups is 1. The van der Waals surface area contributed by atoms with E-state index in [0.29, 0.717) is 0 Å². The summed E-state index contributed by atoms with van der Waals surface area (Å²) in [4.78, 5) is 24.6. The molecule has 0 saturated heterocycles. The predicted molar refractivity (Wildman–Crippen MR) is 117 cm³/mol. The number of amides is 2. The third kappa shape index (κ3) is 4.12. The first-order valence-electron chi connectivity index (χ1n) is 9.08. The molecular formula is C22H17N5O2S. The molecule has 7 nitrogen and oxygen atoms in total. The fourth-order valence-electron chi connectivity index (χ4n) is 3.05. The Kier molecular flexibility index (Phi) is 5.66. The Morgan fingerprint density at radius 1 is 1.17 bits per heavy atom. The highest BCUT2D eigenvalue weighted by molar-refractivity contribution is 7.17. The summed E-state index contributed by atoms with van der Waals surface area (Å²) in [5.74, 6) is 2.77. The summed E-state index contributed by atoms with van der Waals surface area (Å²) in [6.07, 6.45) is 6.73. The second-order valence-corrected chi connectivity index (χ2v) is 7.23. The summed E-state index contributed by atoms with van der Waals surface area (Å²) in [6.45, 7) is -0.253. The molecule has 0 aliphatic carbocycles. The van der Waals surface area contributed by atoms with E-state index in [4.69, 9.17) is 6.42 Å². The number of benzene rings is 2. The molecule has 8 heteroatoms. The zero-order chi connectivity index (χ0) is 20.9. The summed E-state index contributed by atoms with van der Waals surface area (Å²) in [6, 6.07) is 14.2. The van der Waals surface area contributed by atoms with Crippen LogP contribution in [0.2, 0.25) is 0 Å². The standard InChI is InChI=1S/C22H17N5O2S/c1-2-19-23-11-10-20(26-19)27-22(29)25-18(12-28)15-8-6-14(7-9-15)16-4-3-5-17-21(16)30-13-24-17/h1,3-11,13,18,28H,12H2,(H2,23,25,26,27,29). The lowest BCUT2D eigenvalue weighted by Gasteiger charge is -2.17. The van der Waals surface area contributed by atoms with Gasteiger partial charge in [-0.05, 0) is 29.2 Å². The lowest BCUT2D eigenvalue weighted by atomic mass is 10.0. The minimum atomic E-state index is -0.577. The monoisotopic (exact) mass is 415 g/mol. The number of aliphatic hydroxyl groups is 1. The number of carbonyl (C=O) groups excluding carboxylic acids is 1. The molecule has 0 radical (unpaired) electrons. The smallest absolute Gasteiger partial charge is 0.320 e. The molecular weight excluding hydrogens is 398 g/mol. The highest BCUT2D eigenvalue weighted by Crippen LogP contribution is 2.31. The molecule has 0 fully saturated rings. The van der Waals surface area contributed by atoms with Crippen LogP contribution in [0.4, 0.5) is 10.6 Å². The minimum absolute atomic E-state index is 0.179. The Morgan fingerprint density at radius 3 is 2.77 bits per heavy atom. The fraction of sp³-hybridized carbons (Fsp3) is 0.0909. The lowest BCUT2D eigenvalue weighted by molar-refractivity contribution is 0.225. The molecule has 4 rings (SSSR count). The largest absolute Gasteiger partial charge is 0.394 e. The van der Waals surface area contributed by atoms with Gasteiger partial charge in [-0.2, -0.15) is 0 Å². The lowest BCUT2D eigenvalue weighted by Crippen LogP contribution is -2.34. The average Bonchev–Trinajstić information content (AvgIpc) is 3.27. The number of aromatic nitrogens is 3. The first-order valence-corrected chi connectivity index (χ1v) is 9.96. The number of anilines is 1. The number of terminal acetylenes is 1. The maximum absolute atomic E-state index is 12.3. The van der Waals surface area contributed by atoms with Gasteiger partial charge in [-0.3, -0.25) is 5.32 Å². The third-order valence-corrected chi connectivity index (χ3v) is 5.37. The molecule has 148 valence electrons. The van der Waals surface area contributed by atoms with Gasteiger partial charge in [0.05, 0.1) is 28.4 Å². The van der Waals surface area contributed by atoms with Crippen molar-refractivity contribution in [2.45, 2.75) is 6.04 Å². The Hall–Kier alpha value is -3.80. The number of aliphatic hydroxyl groups excluding tert-OH is 1. The highest BCUT2D eigenvalue weighted by Gasteiger charge is 2.15. The van der Waals surface area contributed by atoms with E-state index in [0.717, 1.165) is 26.9 Å². The number of hydrogen-bond donors (Lipinski definition) is 3. The second-order valence-electron chi connectivity index (χ2n) is 6.37. The minimum Gasteiger partial charge on any atom is -0.394 e. The number of thiazole rings is 1. The van der Waals surface area contributed by atoms with Crippen LogP contribution in [0, 0.1) is 12.3 Å². The third-order valence-electron chi connectivity index (χ3n) is 4.49. The van der Waals surface area contributed by atoms with Crippen molar-refractivity contribution >= 4 is 33.4 Å². The van der Waals surface area contributed by atoms with E-state index < -0.39 is 12.1 Å². The van der Waals surface area contributed by atoms with Crippen molar-refractivity contribution in [1.82, 2.24) is 20.3 Å². The Bertz CT molecular complexity index is 1230. The number of carbonyl (C=O) groups is 1. The summed E-state index contributed by atoms with van der Waals surface area (Å²) in [5.41, 5.74) is 5.71. The van der Waals surface area contributed by atoms with Crippen LogP contribution in [0.15, 0.2) is 60.2 Å². The molecule has 4 aromatic rings.